The smallest absolute Gasteiger partial charge is 0.228 e. The summed E-state index contributed by atoms with van der Waals surface area (Å²) in [4.78, 5) is 16.5. The van der Waals surface area contributed by atoms with Crippen LogP contribution in [0.5, 0.6) is 5.75 Å². The van der Waals surface area contributed by atoms with Crippen LogP contribution in [0.25, 0.3) is 11.0 Å². The van der Waals surface area contributed by atoms with Crippen LogP contribution in [0, 0.1) is 0 Å². The predicted molar refractivity (Wildman–Crippen MR) is 86.0 cm³/mol. The number of hydrogen-bond acceptors (Lipinski definition) is 3. The Morgan fingerprint density at radius 2 is 2.14 bits per heavy atom. The number of nitrogens with zero attached hydrogens (tertiary/aromatic N) is 2. The highest BCUT2D eigenvalue weighted by atomic mass is 16.5. The van der Waals surface area contributed by atoms with E-state index < -0.39 is 0 Å². The highest BCUT2D eigenvalue weighted by Crippen LogP contribution is 2.18. The normalized spacial score (nSPS) is 10.6. The molecule has 0 unspecified atom stereocenters. The highest BCUT2D eigenvalue weighted by Gasteiger charge is 2.07. The fraction of sp³-hybridized carbons (Fsp3) is 0.176. The number of aryl methyl sites for hydroxylation is 1. The monoisotopic (exact) mass is 295 g/mol. The number of carbonyl (C=O) groups is 1. The van der Waals surface area contributed by atoms with Crippen LogP contribution in [0.4, 0.5) is 5.69 Å². The Labute approximate surface area is 128 Å². The summed E-state index contributed by atoms with van der Waals surface area (Å²) in [7, 11) is 3.55. The summed E-state index contributed by atoms with van der Waals surface area (Å²) in [6.07, 6.45) is 2.08. The molecular formula is C17H17N3O2. The summed E-state index contributed by atoms with van der Waals surface area (Å²) in [5.41, 5.74) is 3.61. The summed E-state index contributed by atoms with van der Waals surface area (Å²) in [5.74, 6) is 0.649. The van der Waals surface area contributed by atoms with Crippen molar-refractivity contribution in [3.8, 4) is 5.75 Å². The average molecular weight is 295 g/mol. The minimum Gasteiger partial charge on any atom is -0.497 e. The molecule has 2 aromatic carbocycles. The Balaban J connectivity index is 1.72. The Morgan fingerprint density at radius 1 is 1.27 bits per heavy atom. The molecule has 0 aliphatic rings. The summed E-state index contributed by atoms with van der Waals surface area (Å²) < 4.78 is 7.10. The zero-order valence-corrected chi connectivity index (χ0v) is 12.5. The molecule has 1 heterocycles. The van der Waals surface area contributed by atoms with E-state index in [-0.39, 0.29) is 5.91 Å². The largest absolute Gasteiger partial charge is 0.497 e. The quantitative estimate of drug-likeness (QED) is 0.805. The van der Waals surface area contributed by atoms with E-state index >= 15 is 0 Å². The standard InChI is InChI=1S/C17H17N3O2/c1-20-11-18-15-8-12(6-7-16(15)20)9-17(21)19-13-4-3-5-14(10-13)22-2/h3-8,10-11H,9H2,1-2H3,(H,19,21). The van der Waals surface area contributed by atoms with Crippen molar-refractivity contribution < 1.29 is 9.53 Å². The Bertz CT molecular complexity index is 824. The van der Waals surface area contributed by atoms with E-state index in [1.54, 1.807) is 19.5 Å². The molecule has 3 aromatic rings. The van der Waals surface area contributed by atoms with E-state index in [0.717, 1.165) is 22.3 Å². The molecule has 0 radical (unpaired) electrons. The second-order valence-electron chi connectivity index (χ2n) is 5.14. The molecule has 1 aromatic heterocycles. The Kier molecular flexibility index (Phi) is 3.78. The first-order chi connectivity index (χ1) is 10.7. The number of fused-ring (bicyclic) bond motifs is 1. The van der Waals surface area contributed by atoms with Gasteiger partial charge >= 0.3 is 0 Å². The number of rotatable bonds is 4. The van der Waals surface area contributed by atoms with Gasteiger partial charge in [-0.3, -0.25) is 4.79 Å². The first-order valence-electron chi connectivity index (χ1n) is 6.99. The lowest BCUT2D eigenvalue weighted by molar-refractivity contribution is -0.115. The fourth-order valence-electron chi connectivity index (χ4n) is 2.38. The van der Waals surface area contributed by atoms with Crippen LogP contribution in [-0.2, 0) is 18.3 Å². The molecule has 0 aliphatic heterocycles. The predicted octanol–water partition coefficient (Wildman–Crippen LogP) is 2.76. The number of amides is 1. The van der Waals surface area contributed by atoms with Crippen LogP contribution in [0.3, 0.4) is 0 Å². The lowest BCUT2D eigenvalue weighted by Gasteiger charge is -2.07. The number of nitrogens with one attached hydrogen (secondary N) is 1. The maximum Gasteiger partial charge on any atom is 0.228 e. The molecule has 5 nitrogen and oxygen atoms in total. The van der Waals surface area contributed by atoms with Gasteiger partial charge in [0.1, 0.15) is 5.75 Å². The number of ether oxygens (including phenoxy) is 1. The van der Waals surface area contributed by atoms with Gasteiger partial charge in [-0.05, 0) is 29.8 Å². The number of benzene rings is 2. The van der Waals surface area contributed by atoms with Gasteiger partial charge in [-0.1, -0.05) is 12.1 Å². The molecule has 0 fully saturated rings. The number of anilines is 1. The molecule has 0 saturated carbocycles. The van der Waals surface area contributed by atoms with Crippen molar-refractivity contribution >= 4 is 22.6 Å². The molecule has 22 heavy (non-hydrogen) atoms. The van der Waals surface area contributed by atoms with Crippen LogP contribution in [0.2, 0.25) is 0 Å². The van der Waals surface area contributed by atoms with Crippen molar-refractivity contribution in [1.29, 1.82) is 0 Å². The fourth-order valence-corrected chi connectivity index (χ4v) is 2.38. The molecule has 112 valence electrons. The number of methoxy groups -OCH3 is 1. The summed E-state index contributed by atoms with van der Waals surface area (Å²) in [5, 5.41) is 2.87. The summed E-state index contributed by atoms with van der Waals surface area (Å²) >= 11 is 0. The second kappa shape index (κ2) is 5.89. The third-order valence-corrected chi connectivity index (χ3v) is 3.51. The second-order valence-corrected chi connectivity index (χ2v) is 5.14. The molecule has 5 heteroatoms. The summed E-state index contributed by atoms with van der Waals surface area (Å²) in [6.45, 7) is 0. The van der Waals surface area contributed by atoms with Crippen molar-refractivity contribution in [2.75, 3.05) is 12.4 Å². The van der Waals surface area contributed by atoms with E-state index in [9.17, 15) is 4.79 Å². The highest BCUT2D eigenvalue weighted by molar-refractivity contribution is 5.93. The molecule has 0 bridgehead atoms. The molecule has 1 amide bonds. The van der Waals surface area contributed by atoms with E-state index in [2.05, 4.69) is 10.3 Å². The van der Waals surface area contributed by atoms with Crippen LogP contribution < -0.4 is 10.1 Å². The molecule has 3 rings (SSSR count). The number of hydrogen-bond donors (Lipinski definition) is 1. The molecule has 0 aliphatic carbocycles. The van der Waals surface area contributed by atoms with Gasteiger partial charge in [0, 0.05) is 18.8 Å². The molecule has 0 saturated heterocycles. The van der Waals surface area contributed by atoms with Gasteiger partial charge in [0.2, 0.25) is 5.91 Å². The number of carbonyl (C=O) groups excluding carboxylic acids is 1. The van der Waals surface area contributed by atoms with Crippen molar-refractivity contribution in [2.45, 2.75) is 6.42 Å². The van der Waals surface area contributed by atoms with E-state index in [0.29, 0.717) is 12.2 Å². The SMILES string of the molecule is COc1cccc(NC(=O)Cc2ccc3c(c2)ncn3C)c1. The lowest BCUT2D eigenvalue weighted by Crippen LogP contribution is -2.14. The number of imidazole rings is 1. The first-order valence-corrected chi connectivity index (χ1v) is 6.99. The molecule has 0 atom stereocenters. The van der Waals surface area contributed by atoms with Crippen LogP contribution in [-0.4, -0.2) is 22.6 Å². The van der Waals surface area contributed by atoms with Crippen molar-refractivity contribution in [3.63, 3.8) is 0 Å². The van der Waals surface area contributed by atoms with Gasteiger partial charge in [-0.15, -0.1) is 0 Å². The number of aromatic nitrogens is 2. The van der Waals surface area contributed by atoms with Gasteiger partial charge in [0.25, 0.3) is 0 Å². The summed E-state index contributed by atoms with van der Waals surface area (Å²) in [6, 6.07) is 13.2. The van der Waals surface area contributed by atoms with E-state index in [4.69, 9.17) is 4.74 Å². The minimum absolute atomic E-state index is 0.0662. The zero-order chi connectivity index (χ0) is 15.5. The first kappa shape index (κ1) is 14.1. The lowest BCUT2D eigenvalue weighted by atomic mass is 10.1. The minimum atomic E-state index is -0.0662. The Hall–Kier alpha value is -2.82. The van der Waals surface area contributed by atoms with Gasteiger partial charge in [0.15, 0.2) is 0 Å². The molecular weight excluding hydrogens is 278 g/mol. The van der Waals surface area contributed by atoms with Crippen molar-refractivity contribution in [3.05, 3.63) is 54.4 Å². The van der Waals surface area contributed by atoms with Crippen LogP contribution >= 0.6 is 0 Å². The van der Waals surface area contributed by atoms with Crippen LogP contribution in [0.1, 0.15) is 5.56 Å². The van der Waals surface area contributed by atoms with Gasteiger partial charge in [-0.25, -0.2) is 4.98 Å². The van der Waals surface area contributed by atoms with Gasteiger partial charge in [0.05, 0.1) is 30.9 Å². The van der Waals surface area contributed by atoms with E-state index in [1.807, 2.05) is 48.0 Å². The maximum atomic E-state index is 12.1. The van der Waals surface area contributed by atoms with Crippen molar-refractivity contribution in [2.24, 2.45) is 7.05 Å². The molecule has 0 spiro atoms. The van der Waals surface area contributed by atoms with Crippen LogP contribution in [0.15, 0.2) is 48.8 Å². The maximum absolute atomic E-state index is 12.1. The Morgan fingerprint density at radius 3 is 2.95 bits per heavy atom. The average Bonchev–Trinajstić information content (AvgIpc) is 2.88. The van der Waals surface area contributed by atoms with Gasteiger partial charge in [-0.2, -0.15) is 0 Å². The van der Waals surface area contributed by atoms with Gasteiger partial charge < -0.3 is 14.6 Å². The topological polar surface area (TPSA) is 56.1 Å². The molecule has 1 N–H and O–H groups in total. The third-order valence-electron chi connectivity index (χ3n) is 3.51. The van der Waals surface area contributed by atoms with Crippen molar-refractivity contribution in [1.82, 2.24) is 9.55 Å². The third kappa shape index (κ3) is 2.93. The van der Waals surface area contributed by atoms with E-state index in [1.165, 1.54) is 0 Å². The zero-order valence-electron chi connectivity index (χ0n) is 12.5.